The van der Waals surface area contributed by atoms with E-state index in [0.717, 1.165) is 5.56 Å². The maximum Gasteiger partial charge on any atom is 0.308 e. The van der Waals surface area contributed by atoms with E-state index in [9.17, 15) is 9.59 Å². The summed E-state index contributed by atoms with van der Waals surface area (Å²) in [4.78, 5) is 21.6. The molecule has 0 aliphatic carbocycles. The van der Waals surface area contributed by atoms with Crippen molar-refractivity contribution in [3.05, 3.63) is 29.8 Å². The standard InChI is InChI=1S/C13H14O4/c1-9(14)4-5-11-6-7-12(17-10(2)15)13(8-11)16-3/h4-8H,1-3H3. The second-order valence-corrected chi connectivity index (χ2v) is 3.45. The molecule has 0 N–H and O–H groups in total. The topological polar surface area (TPSA) is 52.6 Å². The van der Waals surface area contributed by atoms with Crippen molar-refractivity contribution in [3.8, 4) is 11.5 Å². The quantitative estimate of drug-likeness (QED) is 0.455. The molecule has 0 amide bonds. The molecule has 90 valence electrons. The van der Waals surface area contributed by atoms with Crippen molar-refractivity contribution in [2.45, 2.75) is 13.8 Å². The number of allylic oxidation sites excluding steroid dienone is 1. The Labute approximate surface area is 99.8 Å². The summed E-state index contributed by atoms with van der Waals surface area (Å²) < 4.78 is 10.1. The summed E-state index contributed by atoms with van der Waals surface area (Å²) in [5, 5.41) is 0. The number of benzene rings is 1. The Morgan fingerprint density at radius 1 is 1.18 bits per heavy atom. The van der Waals surface area contributed by atoms with Gasteiger partial charge in [-0.25, -0.2) is 0 Å². The van der Waals surface area contributed by atoms with Gasteiger partial charge < -0.3 is 9.47 Å². The Balaban J connectivity index is 2.99. The van der Waals surface area contributed by atoms with Crippen LogP contribution in [0.5, 0.6) is 11.5 Å². The first-order valence-corrected chi connectivity index (χ1v) is 5.08. The van der Waals surface area contributed by atoms with E-state index >= 15 is 0 Å². The van der Waals surface area contributed by atoms with Crippen LogP contribution in [0.3, 0.4) is 0 Å². The molecule has 4 heteroatoms. The van der Waals surface area contributed by atoms with Crippen molar-refractivity contribution in [1.29, 1.82) is 0 Å². The summed E-state index contributed by atoms with van der Waals surface area (Å²) in [6.07, 6.45) is 3.13. The predicted molar refractivity (Wildman–Crippen MR) is 64.0 cm³/mol. The molecule has 0 aromatic heterocycles. The van der Waals surface area contributed by atoms with E-state index in [1.165, 1.54) is 27.0 Å². The Morgan fingerprint density at radius 2 is 1.88 bits per heavy atom. The van der Waals surface area contributed by atoms with Gasteiger partial charge >= 0.3 is 5.97 Å². The molecule has 0 spiro atoms. The Kier molecular flexibility index (Phi) is 4.46. The van der Waals surface area contributed by atoms with Crippen LogP contribution in [-0.4, -0.2) is 18.9 Å². The second-order valence-electron chi connectivity index (χ2n) is 3.45. The lowest BCUT2D eigenvalue weighted by atomic mass is 10.2. The summed E-state index contributed by atoms with van der Waals surface area (Å²) in [6, 6.07) is 5.05. The molecule has 0 aliphatic rings. The third kappa shape index (κ3) is 4.10. The average Bonchev–Trinajstić information content (AvgIpc) is 2.26. The summed E-state index contributed by atoms with van der Waals surface area (Å²) >= 11 is 0. The number of methoxy groups -OCH3 is 1. The van der Waals surface area contributed by atoms with Gasteiger partial charge in [-0.15, -0.1) is 0 Å². The molecule has 0 aliphatic heterocycles. The lowest BCUT2D eigenvalue weighted by Crippen LogP contribution is -2.03. The molecule has 0 atom stereocenters. The van der Waals surface area contributed by atoms with Crippen LogP contribution in [0.1, 0.15) is 19.4 Å². The maximum absolute atomic E-state index is 10.8. The Bertz CT molecular complexity index is 460. The molecule has 1 aromatic carbocycles. The first-order chi connectivity index (χ1) is 8.02. The number of hydrogen-bond donors (Lipinski definition) is 0. The van der Waals surface area contributed by atoms with Gasteiger partial charge in [0.1, 0.15) is 0 Å². The Morgan fingerprint density at radius 3 is 2.41 bits per heavy atom. The number of ketones is 1. The van der Waals surface area contributed by atoms with Crippen molar-refractivity contribution in [1.82, 2.24) is 0 Å². The molecule has 0 fully saturated rings. The zero-order valence-corrected chi connectivity index (χ0v) is 10.0. The monoisotopic (exact) mass is 234 g/mol. The van der Waals surface area contributed by atoms with Gasteiger partial charge in [-0.1, -0.05) is 12.1 Å². The summed E-state index contributed by atoms with van der Waals surface area (Å²) in [6.45, 7) is 2.80. The van der Waals surface area contributed by atoms with Gasteiger partial charge in [0.25, 0.3) is 0 Å². The highest BCUT2D eigenvalue weighted by Crippen LogP contribution is 2.28. The number of esters is 1. The van der Waals surface area contributed by atoms with Crippen LogP contribution >= 0.6 is 0 Å². The Hall–Kier alpha value is -2.10. The lowest BCUT2D eigenvalue weighted by molar-refractivity contribution is -0.132. The first-order valence-electron chi connectivity index (χ1n) is 5.08. The molecule has 0 unspecified atom stereocenters. The molecule has 0 radical (unpaired) electrons. The lowest BCUT2D eigenvalue weighted by Gasteiger charge is -2.08. The predicted octanol–water partition coefficient (Wildman–Crippen LogP) is 2.22. The minimum absolute atomic E-state index is 0.0342. The number of hydrogen-bond acceptors (Lipinski definition) is 4. The van der Waals surface area contributed by atoms with Crippen LogP contribution < -0.4 is 9.47 Å². The van der Waals surface area contributed by atoms with E-state index in [-0.39, 0.29) is 5.78 Å². The molecule has 0 heterocycles. The highest BCUT2D eigenvalue weighted by Gasteiger charge is 2.06. The van der Waals surface area contributed by atoms with E-state index in [1.54, 1.807) is 24.3 Å². The third-order valence-electron chi connectivity index (χ3n) is 1.95. The largest absolute Gasteiger partial charge is 0.493 e. The number of ether oxygens (including phenoxy) is 2. The first kappa shape index (κ1) is 13.0. The van der Waals surface area contributed by atoms with Crippen LogP contribution in [0.4, 0.5) is 0 Å². The van der Waals surface area contributed by atoms with E-state index in [4.69, 9.17) is 9.47 Å². The smallest absolute Gasteiger partial charge is 0.308 e. The molecule has 0 saturated heterocycles. The molecule has 1 aromatic rings. The van der Waals surface area contributed by atoms with E-state index in [0.29, 0.717) is 11.5 Å². The van der Waals surface area contributed by atoms with Crippen molar-refractivity contribution in [2.24, 2.45) is 0 Å². The highest BCUT2D eigenvalue weighted by molar-refractivity contribution is 5.91. The molecular formula is C13H14O4. The van der Waals surface area contributed by atoms with Gasteiger partial charge in [0.2, 0.25) is 0 Å². The molecule has 1 rings (SSSR count). The summed E-state index contributed by atoms with van der Waals surface area (Å²) in [7, 11) is 1.49. The molecular weight excluding hydrogens is 220 g/mol. The van der Waals surface area contributed by atoms with Gasteiger partial charge in [-0.05, 0) is 30.7 Å². The van der Waals surface area contributed by atoms with E-state index < -0.39 is 5.97 Å². The molecule has 17 heavy (non-hydrogen) atoms. The average molecular weight is 234 g/mol. The minimum Gasteiger partial charge on any atom is -0.493 e. The number of carbonyl (C=O) groups is 2. The fourth-order valence-electron chi connectivity index (χ4n) is 1.24. The van der Waals surface area contributed by atoms with Gasteiger partial charge in [0, 0.05) is 6.92 Å². The van der Waals surface area contributed by atoms with E-state index in [1.807, 2.05) is 0 Å². The van der Waals surface area contributed by atoms with Crippen LogP contribution in [-0.2, 0) is 9.59 Å². The fourth-order valence-corrected chi connectivity index (χ4v) is 1.24. The van der Waals surface area contributed by atoms with Crippen molar-refractivity contribution >= 4 is 17.8 Å². The minimum atomic E-state index is -0.407. The molecule has 0 bridgehead atoms. The fraction of sp³-hybridized carbons (Fsp3) is 0.231. The SMILES string of the molecule is COc1cc(C=CC(C)=O)ccc1OC(C)=O. The molecule has 4 nitrogen and oxygen atoms in total. The number of carbonyl (C=O) groups excluding carboxylic acids is 2. The zero-order chi connectivity index (χ0) is 12.8. The highest BCUT2D eigenvalue weighted by atomic mass is 16.6. The number of rotatable bonds is 4. The maximum atomic E-state index is 10.8. The van der Waals surface area contributed by atoms with E-state index in [2.05, 4.69) is 0 Å². The third-order valence-corrected chi connectivity index (χ3v) is 1.95. The van der Waals surface area contributed by atoms with Crippen molar-refractivity contribution in [3.63, 3.8) is 0 Å². The molecule has 0 saturated carbocycles. The van der Waals surface area contributed by atoms with Gasteiger partial charge in [0.05, 0.1) is 7.11 Å². The van der Waals surface area contributed by atoms with Crippen LogP contribution in [0.2, 0.25) is 0 Å². The normalized spacial score (nSPS) is 10.3. The van der Waals surface area contributed by atoms with Crippen molar-refractivity contribution in [2.75, 3.05) is 7.11 Å². The van der Waals surface area contributed by atoms with Gasteiger partial charge in [0.15, 0.2) is 17.3 Å². The second kappa shape index (κ2) is 5.84. The van der Waals surface area contributed by atoms with Crippen LogP contribution in [0.15, 0.2) is 24.3 Å². The van der Waals surface area contributed by atoms with Crippen molar-refractivity contribution < 1.29 is 19.1 Å². The van der Waals surface area contributed by atoms with Gasteiger partial charge in [-0.3, -0.25) is 9.59 Å². The van der Waals surface area contributed by atoms with Crippen LogP contribution in [0, 0.1) is 0 Å². The zero-order valence-electron chi connectivity index (χ0n) is 10.0. The summed E-state index contributed by atoms with van der Waals surface area (Å²) in [5.41, 5.74) is 0.799. The van der Waals surface area contributed by atoms with Crippen LogP contribution in [0.25, 0.3) is 6.08 Å². The summed E-state index contributed by atoms with van der Waals surface area (Å²) in [5.74, 6) is 0.370. The van der Waals surface area contributed by atoms with Gasteiger partial charge in [-0.2, -0.15) is 0 Å².